The van der Waals surface area contributed by atoms with Gasteiger partial charge in [-0.1, -0.05) is 18.2 Å². The molecule has 7 nitrogen and oxygen atoms in total. The zero-order valence-corrected chi connectivity index (χ0v) is 21.2. The van der Waals surface area contributed by atoms with Gasteiger partial charge >= 0.3 is 6.16 Å². The standard InChI is InChI=1S/C28H38N2O5/c1-4-33-28(31)35-24-12-15-30(16-13-24)14-5-17-34-25-10-11-26-22(18-25)19-29(2)20-27(26)21-6-8-23(32-3)9-7-21/h6-11,18,24,27H,4-5,12-17,19-20H2,1-3H3. The summed E-state index contributed by atoms with van der Waals surface area (Å²) in [7, 11) is 3.87. The SMILES string of the molecule is CCOC(=O)OC1CCN(CCCOc2ccc3c(c2)CN(C)CC3c2ccc(OC)cc2)CC1. The van der Waals surface area contributed by atoms with Crippen molar-refractivity contribution in [2.24, 2.45) is 0 Å². The van der Waals surface area contributed by atoms with Gasteiger partial charge < -0.3 is 28.7 Å². The number of likely N-dealkylation sites (tertiary alicyclic amines) is 1. The summed E-state index contributed by atoms with van der Waals surface area (Å²) in [5.41, 5.74) is 4.03. The van der Waals surface area contributed by atoms with E-state index in [0.717, 1.165) is 63.5 Å². The number of benzene rings is 2. The zero-order valence-electron chi connectivity index (χ0n) is 21.2. The highest BCUT2D eigenvalue weighted by Gasteiger charge is 2.25. The molecule has 2 aliphatic rings. The summed E-state index contributed by atoms with van der Waals surface area (Å²) in [4.78, 5) is 16.3. The van der Waals surface area contributed by atoms with Gasteiger partial charge in [0.1, 0.15) is 17.6 Å². The molecule has 1 fully saturated rings. The Kier molecular flexibility index (Phi) is 8.88. The summed E-state index contributed by atoms with van der Waals surface area (Å²) < 4.78 is 21.7. The van der Waals surface area contributed by atoms with Crippen LogP contribution in [0.3, 0.4) is 0 Å². The van der Waals surface area contributed by atoms with Crippen molar-refractivity contribution in [3.05, 3.63) is 59.2 Å². The Morgan fingerprint density at radius 3 is 2.51 bits per heavy atom. The third-order valence-corrected chi connectivity index (χ3v) is 6.89. The van der Waals surface area contributed by atoms with Crippen LogP contribution in [0, 0.1) is 0 Å². The van der Waals surface area contributed by atoms with Crippen molar-refractivity contribution in [2.45, 2.75) is 44.8 Å². The highest BCUT2D eigenvalue weighted by Crippen LogP contribution is 2.35. The van der Waals surface area contributed by atoms with Crippen molar-refractivity contribution in [1.29, 1.82) is 0 Å². The summed E-state index contributed by atoms with van der Waals surface area (Å²) in [5, 5.41) is 0. The molecule has 2 heterocycles. The molecular formula is C28H38N2O5. The van der Waals surface area contributed by atoms with E-state index in [1.807, 2.05) is 12.1 Å². The Balaban J connectivity index is 1.25. The Hall–Kier alpha value is -2.77. The minimum absolute atomic E-state index is 0.0306. The molecule has 7 heteroatoms. The molecule has 2 aliphatic heterocycles. The number of piperidine rings is 1. The number of carbonyl (C=O) groups excluding carboxylic acids is 1. The van der Waals surface area contributed by atoms with Crippen molar-refractivity contribution in [2.75, 3.05) is 53.6 Å². The quantitative estimate of drug-likeness (QED) is 0.380. The first kappa shape index (κ1) is 25.3. The smallest absolute Gasteiger partial charge is 0.497 e. The summed E-state index contributed by atoms with van der Waals surface area (Å²) >= 11 is 0. The number of hydrogen-bond acceptors (Lipinski definition) is 7. The Labute approximate surface area is 208 Å². The maximum Gasteiger partial charge on any atom is 0.508 e. The molecule has 1 unspecified atom stereocenters. The lowest BCUT2D eigenvalue weighted by Gasteiger charge is -2.33. The van der Waals surface area contributed by atoms with Gasteiger partial charge in [-0.2, -0.15) is 0 Å². The molecule has 2 aromatic rings. The minimum Gasteiger partial charge on any atom is -0.497 e. The van der Waals surface area contributed by atoms with E-state index in [1.54, 1.807) is 14.0 Å². The van der Waals surface area contributed by atoms with Gasteiger partial charge in [0.05, 0.1) is 20.3 Å². The maximum absolute atomic E-state index is 11.5. The van der Waals surface area contributed by atoms with E-state index in [0.29, 0.717) is 19.1 Å². The Bertz CT molecular complexity index is 956. The summed E-state index contributed by atoms with van der Waals surface area (Å²) in [6.07, 6.45) is 2.10. The highest BCUT2D eigenvalue weighted by molar-refractivity contribution is 5.60. The summed E-state index contributed by atoms with van der Waals surface area (Å²) in [6, 6.07) is 15.0. The minimum atomic E-state index is -0.550. The molecule has 0 saturated carbocycles. The van der Waals surface area contributed by atoms with Crippen LogP contribution in [0.4, 0.5) is 4.79 Å². The fourth-order valence-electron chi connectivity index (χ4n) is 5.05. The molecule has 0 aliphatic carbocycles. The molecule has 0 aromatic heterocycles. The maximum atomic E-state index is 11.5. The molecule has 1 atom stereocenters. The first-order chi connectivity index (χ1) is 17.1. The van der Waals surface area contributed by atoms with Gasteiger partial charge in [-0.15, -0.1) is 0 Å². The molecule has 0 N–H and O–H groups in total. The van der Waals surface area contributed by atoms with E-state index < -0.39 is 6.16 Å². The average molecular weight is 483 g/mol. The van der Waals surface area contributed by atoms with E-state index in [1.165, 1.54) is 16.7 Å². The van der Waals surface area contributed by atoms with Gasteiger partial charge in [0, 0.05) is 38.6 Å². The van der Waals surface area contributed by atoms with Crippen LogP contribution in [-0.4, -0.2) is 75.6 Å². The second-order valence-electron chi connectivity index (χ2n) is 9.43. The van der Waals surface area contributed by atoms with Crippen molar-refractivity contribution < 1.29 is 23.7 Å². The fourth-order valence-corrected chi connectivity index (χ4v) is 5.05. The van der Waals surface area contributed by atoms with Crippen molar-refractivity contribution in [3.8, 4) is 11.5 Å². The second-order valence-corrected chi connectivity index (χ2v) is 9.43. The number of rotatable bonds is 9. The number of ether oxygens (including phenoxy) is 4. The third kappa shape index (κ3) is 6.89. The van der Waals surface area contributed by atoms with Crippen LogP contribution in [0.25, 0.3) is 0 Å². The number of methoxy groups -OCH3 is 1. The van der Waals surface area contributed by atoms with Crippen molar-refractivity contribution >= 4 is 6.16 Å². The van der Waals surface area contributed by atoms with Gasteiger partial charge in [-0.3, -0.25) is 0 Å². The van der Waals surface area contributed by atoms with E-state index in [2.05, 4.69) is 47.2 Å². The van der Waals surface area contributed by atoms with Gasteiger partial charge in [0.25, 0.3) is 0 Å². The molecule has 0 bridgehead atoms. The van der Waals surface area contributed by atoms with Crippen LogP contribution in [0.15, 0.2) is 42.5 Å². The lowest BCUT2D eigenvalue weighted by Crippen LogP contribution is -2.38. The summed E-state index contributed by atoms with van der Waals surface area (Å²) in [6.45, 7) is 7.61. The van der Waals surface area contributed by atoms with E-state index in [-0.39, 0.29) is 6.10 Å². The lowest BCUT2D eigenvalue weighted by molar-refractivity contribution is 0.00157. The number of hydrogen-bond donors (Lipinski definition) is 0. The Morgan fingerprint density at radius 2 is 1.80 bits per heavy atom. The van der Waals surface area contributed by atoms with Gasteiger partial charge in [0.15, 0.2) is 0 Å². The number of carbonyl (C=O) groups is 1. The third-order valence-electron chi connectivity index (χ3n) is 6.89. The molecule has 4 rings (SSSR count). The molecule has 1 saturated heterocycles. The van der Waals surface area contributed by atoms with Gasteiger partial charge in [0.2, 0.25) is 0 Å². The van der Waals surface area contributed by atoms with Crippen LogP contribution >= 0.6 is 0 Å². The number of likely N-dealkylation sites (N-methyl/N-ethyl adjacent to an activating group) is 1. The van der Waals surface area contributed by atoms with Crippen molar-refractivity contribution in [3.63, 3.8) is 0 Å². The van der Waals surface area contributed by atoms with Gasteiger partial charge in [-0.25, -0.2) is 4.79 Å². The zero-order chi connectivity index (χ0) is 24.6. The van der Waals surface area contributed by atoms with Crippen LogP contribution in [0.1, 0.15) is 48.8 Å². The monoisotopic (exact) mass is 482 g/mol. The lowest BCUT2D eigenvalue weighted by atomic mass is 9.84. The molecule has 0 amide bonds. The second kappa shape index (κ2) is 12.3. The first-order valence-corrected chi connectivity index (χ1v) is 12.7. The number of nitrogens with zero attached hydrogens (tertiary/aromatic N) is 2. The highest BCUT2D eigenvalue weighted by atomic mass is 16.7. The molecular weight excluding hydrogens is 444 g/mol. The van der Waals surface area contributed by atoms with Gasteiger partial charge in [-0.05, 0) is 74.2 Å². The van der Waals surface area contributed by atoms with E-state index >= 15 is 0 Å². The van der Waals surface area contributed by atoms with E-state index in [4.69, 9.17) is 18.9 Å². The normalized spacial score (nSPS) is 19.1. The van der Waals surface area contributed by atoms with Crippen molar-refractivity contribution in [1.82, 2.24) is 9.80 Å². The topological polar surface area (TPSA) is 60.5 Å². The number of fused-ring (bicyclic) bond motifs is 1. The predicted molar refractivity (Wildman–Crippen MR) is 135 cm³/mol. The summed E-state index contributed by atoms with van der Waals surface area (Å²) in [5.74, 6) is 2.17. The largest absolute Gasteiger partial charge is 0.508 e. The van der Waals surface area contributed by atoms with Crippen LogP contribution in [0.2, 0.25) is 0 Å². The first-order valence-electron chi connectivity index (χ1n) is 12.7. The van der Waals surface area contributed by atoms with Crippen LogP contribution in [-0.2, 0) is 16.0 Å². The molecule has 0 spiro atoms. The van der Waals surface area contributed by atoms with E-state index in [9.17, 15) is 4.79 Å². The molecule has 2 aromatic carbocycles. The molecule has 35 heavy (non-hydrogen) atoms. The van der Waals surface area contributed by atoms with Crippen LogP contribution < -0.4 is 9.47 Å². The predicted octanol–water partition coefficient (Wildman–Crippen LogP) is 4.68. The Morgan fingerprint density at radius 1 is 1.06 bits per heavy atom. The fraction of sp³-hybridized carbons (Fsp3) is 0.536. The average Bonchev–Trinajstić information content (AvgIpc) is 2.87. The molecule has 190 valence electrons. The van der Waals surface area contributed by atoms with Crippen LogP contribution in [0.5, 0.6) is 11.5 Å². The molecule has 0 radical (unpaired) electrons.